The third kappa shape index (κ3) is 18.1. The van der Waals surface area contributed by atoms with Crippen LogP contribution in [-0.4, -0.2) is 219 Å². The minimum atomic E-state index is -1.55. The Morgan fingerprint density at radius 2 is 1.41 bits per heavy atom. The maximum absolute atomic E-state index is 14.3. The number of anilines is 2. The average molecular weight is 1150 g/mol. The van der Waals surface area contributed by atoms with E-state index in [1.165, 1.54) is 4.90 Å². The van der Waals surface area contributed by atoms with Gasteiger partial charge in [-0.2, -0.15) is 0 Å². The quantitative estimate of drug-likeness (QED) is 0.0353. The monoisotopic (exact) mass is 1150 g/mol. The molecule has 4 heterocycles. The number of aliphatic hydroxyl groups excluding tert-OH is 1. The van der Waals surface area contributed by atoms with E-state index in [2.05, 4.69) is 37.2 Å². The highest BCUT2D eigenvalue weighted by Gasteiger charge is 2.46. The largest absolute Gasteiger partial charge is 0.481 e. The second-order valence-corrected chi connectivity index (χ2v) is 20.8. The van der Waals surface area contributed by atoms with Crippen molar-refractivity contribution in [2.75, 3.05) is 75.7 Å². The maximum atomic E-state index is 14.3. The van der Waals surface area contributed by atoms with E-state index in [0.29, 0.717) is 30.6 Å². The molecule has 2 aromatic rings. The number of aryl methyl sites for hydroxylation is 1. The molecular formula is C52H69N11O17S. The summed E-state index contributed by atoms with van der Waals surface area (Å²) < 4.78 is 4.76. The van der Waals surface area contributed by atoms with Gasteiger partial charge in [0, 0.05) is 57.3 Å². The van der Waals surface area contributed by atoms with Gasteiger partial charge in [0.25, 0.3) is 0 Å². The number of amides is 6. The van der Waals surface area contributed by atoms with Gasteiger partial charge in [0.15, 0.2) is 5.11 Å². The molecule has 2 aromatic carbocycles. The number of aliphatic carboxylic acids is 4. The van der Waals surface area contributed by atoms with Crippen LogP contribution in [0.25, 0.3) is 0 Å². The Morgan fingerprint density at radius 1 is 0.753 bits per heavy atom. The first kappa shape index (κ1) is 62.3. The number of benzene rings is 2. The number of carboxylic acids is 4. The summed E-state index contributed by atoms with van der Waals surface area (Å²) >= 11 is 5.46. The van der Waals surface area contributed by atoms with Crippen molar-refractivity contribution in [3.8, 4) is 0 Å². The molecule has 29 heteroatoms. The first-order valence-corrected chi connectivity index (χ1v) is 26.9. The fraction of sp³-hybridized carbons (Fsp3) is 0.538. The molecule has 0 aliphatic carbocycles. The zero-order chi connectivity index (χ0) is 59.1. The molecule has 6 amide bonds. The number of rotatable bonds is 25. The number of carboxylic acid groups (broad SMARTS) is 4. The van der Waals surface area contributed by atoms with Crippen LogP contribution >= 0.6 is 12.2 Å². The Bertz CT molecular complexity index is 2720. The lowest BCUT2D eigenvalue weighted by Crippen LogP contribution is -2.59. The molecule has 4 aliphatic rings. The number of carbonyl (C=O) groups excluding carboxylic acids is 7. The van der Waals surface area contributed by atoms with Crippen LogP contribution in [0.4, 0.5) is 11.4 Å². The van der Waals surface area contributed by atoms with Crippen LogP contribution in [0.2, 0.25) is 0 Å². The molecule has 12 N–H and O–H groups in total. The van der Waals surface area contributed by atoms with Crippen LogP contribution < -0.4 is 42.1 Å². The Labute approximate surface area is 470 Å². The predicted molar refractivity (Wildman–Crippen MR) is 289 cm³/mol. The Hall–Kier alpha value is -7.86. The molecule has 4 aliphatic heterocycles. The number of thiocarbonyl (C=S) groups is 1. The van der Waals surface area contributed by atoms with Crippen LogP contribution in [0, 0.1) is 5.92 Å². The lowest BCUT2D eigenvalue weighted by atomic mass is 9.97. The topological polar surface area (TPSA) is 395 Å². The molecule has 81 heavy (non-hydrogen) atoms. The second kappa shape index (κ2) is 29.0. The van der Waals surface area contributed by atoms with E-state index in [-0.39, 0.29) is 83.2 Å². The molecule has 440 valence electrons. The van der Waals surface area contributed by atoms with Gasteiger partial charge >= 0.3 is 29.8 Å². The van der Waals surface area contributed by atoms with Gasteiger partial charge in [-0.15, -0.1) is 0 Å². The fourth-order valence-corrected chi connectivity index (χ4v) is 10.4. The molecule has 8 atom stereocenters. The molecule has 28 nitrogen and oxygen atoms in total. The lowest BCUT2D eigenvalue weighted by Gasteiger charge is -2.33. The third-order valence-corrected chi connectivity index (χ3v) is 14.7. The van der Waals surface area contributed by atoms with E-state index in [4.69, 9.17) is 17.0 Å². The highest BCUT2D eigenvalue weighted by atomic mass is 32.1. The molecule has 0 spiro atoms. The number of cyclic esters (lactones) is 1. The SMILES string of the molecule is CC[C@H](C)[C@H](NC(=O)CNC(=O)CNC(=O)C(CCC(=O)O)NC(=S)Nc1ccc(CC2CN(CC(=O)O)CCN(CC(=O)O)CCN2CC(=O)O)cc1)C(=O)N[C@H]1CCc2cccc3c2N(C1=O)[C@H](C(=O)NC1CC(=O)OC1O)C3. The van der Waals surface area contributed by atoms with Crippen molar-refractivity contribution in [1.29, 1.82) is 0 Å². The molecule has 0 bridgehead atoms. The molecule has 2 saturated heterocycles. The van der Waals surface area contributed by atoms with Crippen molar-refractivity contribution in [3.63, 3.8) is 0 Å². The molecule has 4 unspecified atom stereocenters. The van der Waals surface area contributed by atoms with Gasteiger partial charge in [0.05, 0.1) is 44.8 Å². The summed E-state index contributed by atoms with van der Waals surface area (Å²) in [4.78, 5) is 146. The first-order valence-electron chi connectivity index (χ1n) is 26.5. The highest BCUT2D eigenvalue weighted by molar-refractivity contribution is 7.80. The summed E-state index contributed by atoms with van der Waals surface area (Å²) in [6.45, 7) is 2.33. The van der Waals surface area contributed by atoms with Crippen molar-refractivity contribution < 1.29 is 83.0 Å². The number of esters is 1. The van der Waals surface area contributed by atoms with Gasteiger partial charge in [-0.3, -0.25) is 72.3 Å². The Morgan fingerprint density at radius 3 is 2.06 bits per heavy atom. The van der Waals surface area contributed by atoms with Gasteiger partial charge in [-0.1, -0.05) is 50.6 Å². The van der Waals surface area contributed by atoms with Crippen LogP contribution in [0.5, 0.6) is 0 Å². The van der Waals surface area contributed by atoms with Gasteiger partial charge < -0.3 is 67.5 Å². The maximum Gasteiger partial charge on any atom is 0.317 e. The number of hydrogen-bond acceptors (Lipinski definition) is 17. The molecule has 2 fully saturated rings. The van der Waals surface area contributed by atoms with Crippen molar-refractivity contribution in [3.05, 3.63) is 59.2 Å². The van der Waals surface area contributed by atoms with Crippen molar-refractivity contribution in [2.24, 2.45) is 5.92 Å². The number of ether oxygens (including phenoxy) is 1. The number of nitrogens with zero attached hydrogens (tertiary/aromatic N) is 4. The molecular weight excluding hydrogens is 1080 g/mol. The summed E-state index contributed by atoms with van der Waals surface area (Å²) in [6.07, 6.45) is -1.18. The standard InChI is InChI=1S/C52H69N11O17S/c1-3-28(2)45(49(77)56-35-12-9-30-5-4-6-31-20-37(63(46(30)31)50(35)78)48(76)57-36-21-44(74)80-51(36)79)59-39(65)23-53-38(64)22-54-47(75)34(13-14-40(66)67)58-52(81)55-32-10-7-29(8-11-32)19-33-24-61(26-42(70)71)16-15-60(25-41(68)69)17-18-62(33)27-43(72)73/h4-8,10-11,28,33-37,45,51,79H,3,9,12-27H2,1-2H3,(H,53,64)(H,54,75)(H,56,77)(H,57,76)(H,59,65)(H,66,67)(H,68,69)(H,70,71)(H,72,73)(H2,55,58,81)/t28-,33?,34?,35-,36?,37-,45-,51?/m0/s1. The van der Waals surface area contributed by atoms with Crippen LogP contribution in [0.15, 0.2) is 42.5 Å². The summed E-state index contributed by atoms with van der Waals surface area (Å²) in [5, 5.41) is 66.7. The minimum absolute atomic E-state index is 0.0876. The van der Waals surface area contributed by atoms with Crippen molar-refractivity contribution in [2.45, 2.75) is 108 Å². The molecule has 0 saturated carbocycles. The van der Waals surface area contributed by atoms with E-state index >= 15 is 0 Å². The molecule has 0 radical (unpaired) electrons. The summed E-state index contributed by atoms with van der Waals surface area (Å²) in [6, 6.07) is 6.05. The van der Waals surface area contributed by atoms with E-state index in [0.717, 1.165) is 16.7 Å². The summed E-state index contributed by atoms with van der Waals surface area (Å²) in [7, 11) is 0. The van der Waals surface area contributed by atoms with Gasteiger partial charge in [-0.25, -0.2) is 0 Å². The molecule has 6 rings (SSSR count). The number of para-hydroxylation sites is 1. The molecule has 0 aromatic heterocycles. The van der Waals surface area contributed by atoms with E-state index in [9.17, 15) is 78.3 Å². The Balaban J connectivity index is 1.00. The zero-order valence-electron chi connectivity index (χ0n) is 44.7. The number of aliphatic hydroxyl groups is 1. The van der Waals surface area contributed by atoms with Crippen LogP contribution in [0.3, 0.4) is 0 Å². The fourth-order valence-electron chi connectivity index (χ4n) is 10.1. The predicted octanol–water partition coefficient (Wildman–Crippen LogP) is -2.81. The van der Waals surface area contributed by atoms with Crippen LogP contribution in [-0.2, 0) is 76.7 Å². The van der Waals surface area contributed by atoms with Crippen molar-refractivity contribution >= 4 is 94.0 Å². The number of carbonyl (C=O) groups is 11. The van der Waals surface area contributed by atoms with E-state index in [1.54, 1.807) is 64.9 Å². The highest BCUT2D eigenvalue weighted by Crippen LogP contribution is 2.39. The summed E-state index contributed by atoms with van der Waals surface area (Å²) in [5.74, 6) is -9.96. The lowest BCUT2D eigenvalue weighted by molar-refractivity contribution is -0.155. The zero-order valence-corrected chi connectivity index (χ0v) is 45.5. The smallest absolute Gasteiger partial charge is 0.317 e. The van der Waals surface area contributed by atoms with Gasteiger partial charge in [0.2, 0.25) is 41.7 Å². The number of hydrogen-bond donors (Lipinski definition) is 12. The Kier molecular flexibility index (Phi) is 22.3. The third-order valence-electron chi connectivity index (χ3n) is 14.4. The van der Waals surface area contributed by atoms with E-state index < -0.39 is 133 Å². The first-order chi connectivity index (χ1) is 38.5. The second-order valence-electron chi connectivity index (χ2n) is 20.4. The van der Waals surface area contributed by atoms with Gasteiger partial charge in [-0.05, 0) is 72.6 Å². The minimum Gasteiger partial charge on any atom is -0.481 e. The van der Waals surface area contributed by atoms with E-state index in [1.807, 2.05) is 6.07 Å². The van der Waals surface area contributed by atoms with Crippen molar-refractivity contribution in [1.82, 2.24) is 46.6 Å². The average Bonchev–Trinajstić information content (AvgIpc) is 4.15. The number of nitrogens with one attached hydrogen (secondary N) is 7. The summed E-state index contributed by atoms with van der Waals surface area (Å²) in [5.41, 5.74) is 3.22. The van der Waals surface area contributed by atoms with Crippen LogP contribution in [0.1, 0.15) is 62.6 Å². The normalized spacial score (nSPS) is 21.4. The van der Waals surface area contributed by atoms with Gasteiger partial charge in [0.1, 0.15) is 30.2 Å².